The number of azo groups is 1. The van der Waals surface area contributed by atoms with E-state index in [1.165, 1.54) is 58.8 Å². The van der Waals surface area contributed by atoms with Gasteiger partial charge in [-0.2, -0.15) is 41.2 Å². The molecule has 5 aromatic heterocycles. The Bertz CT molecular complexity index is 8040. The van der Waals surface area contributed by atoms with E-state index in [1.807, 2.05) is 54.5 Å². The summed E-state index contributed by atoms with van der Waals surface area (Å²) in [6, 6.07) is 41.0. The maximum Gasteiger partial charge on any atom is 1.00 e. The van der Waals surface area contributed by atoms with Crippen molar-refractivity contribution in [2.24, 2.45) is 17.3 Å². The van der Waals surface area contributed by atoms with Gasteiger partial charge in [0.15, 0.2) is 28.3 Å². The molecule has 142 heavy (non-hydrogen) atoms. The number of nitrogens with zero attached hydrogens (tertiary/aromatic N) is 10. The van der Waals surface area contributed by atoms with Crippen molar-refractivity contribution in [1.82, 2.24) is 34.6 Å². The SMILES string of the molecule is CCc1[c-]c(C)cc(CC)c1Nc1nc(N(c2nc3ccc(S(=O)(=O)[O-])cc3s2)c2c(CC)cc(C)c(S(=O)(=O)[O-])c2CC)cc(C)c1N=Nc1c(C#N)c(C(C)(C)C)nn1-c1nc2ccc(S(=O)(=O)[O-])cc2s1.Cn1c(=O)c(C(=O)c2ccccc2)c2c3c(c(Nc4ccc(S(=O)(=O)O)c(CC(=O)CNCCCCCC(=O)O)c4)ccc31)C(=O)c1ccccc1-2.O=S(=O)=O.O=S(=O)=O.O=S(=O)=O.[Li+].[Li+].[Li+].[Li+]. The maximum absolute atomic E-state index is 14.3. The molecule has 0 radical (unpaired) electrons. The number of nitriles is 1. The molecule has 724 valence electrons. The number of fused-ring (bicyclic) bond motifs is 4. The maximum atomic E-state index is 14.3. The largest absolute Gasteiger partial charge is 1.00 e. The normalized spacial score (nSPS) is 11.5. The number of aryl methyl sites for hydroxylation is 7. The van der Waals surface area contributed by atoms with Crippen LogP contribution in [-0.2, 0) is 126 Å². The smallest absolute Gasteiger partial charge is 0.744 e. The third-order valence-electron chi connectivity index (χ3n) is 21.2. The van der Waals surface area contributed by atoms with Crippen molar-refractivity contribution in [3.05, 3.63) is 234 Å². The number of carbonyl (C=O) groups is 4. The number of aromatic nitrogens is 6. The minimum atomic E-state index is -5.07. The second-order valence-corrected chi connectivity index (χ2v) is 40.3. The van der Waals surface area contributed by atoms with Crippen LogP contribution in [0, 0.1) is 38.2 Å². The molecular weight excluding hydrogens is 2000 g/mol. The van der Waals surface area contributed by atoms with E-state index in [4.69, 9.17) is 68.3 Å². The third-order valence-corrected chi connectivity index (χ3v) is 26.9. The Morgan fingerprint density at radius 2 is 1.22 bits per heavy atom. The summed E-state index contributed by atoms with van der Waals surface area (Å²) < 4.78 is 226. The minimum absolute atomic E-state index is 0. The van der Waals surface area contributed by atoms with Gasteiger partial charge in [0.2, 0.25) is 5.13 Å². The Hall–Kier alpha value is -11.1. The Labute approximate surface area is 876 Å². The summed E-state index contributed by atoms with van der Waals surface area (Å²) in [5.74, 6) is -1.77. The first-order chi connectivity index (χ1) is 64.8. The monoisotopic (exact) mass is 2080 g/mol. The minimum Gasteiger partial charge on any atom is -0.744 e. The van der Waals surface area contributed by atoms with Gasteiger partial charge in [0.05, 0.1) is 80.3 Å². The zero-order chi connectivity index (χ0) is 102. The van der Waals surface area contributed by atoms with Crippen LogP contribution >= 0.6 is 22.7 Å². The molecule has 0 saturated carbocycles. The number of aliphatic carboxylic acids is 1. The molecule has 0 atom stereocenters. The number of anilines is 7. The molecule has 0 bridgehead atoms. The second-order valence-electron chi connectivity index (χ2n) is 31.5. The van der Waals surface area contributed by atoms with Crippen molar-refractivity contribution >= 4 is 201 Å². The van der Waals surface area contributed by atoms with E-state index in [0.29, 0.717) is 138 Å². The summed E-state index contributed by atoms with van der Waals surface area (Å²) >= 11 is 2.04. The number of hydrogen-bond donors (Lipinski definition) is 5. The molecule has 0 spiro atoms. The van der Waals surface area contributed by atoms with Crippen molar-refractivity contribution in [2.45, 2.75) is 152 Å². The molecule has 1 aliphatic rings. The molecule has 0 aliphatic heterocycles. The van der Waals surface area contributed by atoms with E-state index in [0.717, 1.165) is 51.5 Å². The first kappa shape index (κ1) is 120. The van der Waals surface area contributed by atoms with Gasteiger partial charge in [0.1, 0.15) is 59.3 Å². The second kappa shape index (κ2) is 50.4. The van der Waals surface area contributed by atoms with Gasteiger partial charge in [-0.25, -0.2) is 40.2 Å². The van der Waals surface area contributed by atoms with Gasteiger partial charge in [-0.05, 0) is 152 Å². The molecule has 14 rings (SSSR count). The zero-order valence-corrected chi connectivity index (χ0v) is 86.2. The van der Waals surface area contributed by atoms with E-state index in [9.17, 15) is 81.1 Å². The van der Waals surface area contributed by atoms with Crippen LogP contribution in [0.1, 0.15) is 162 Å². The first-order valence-electron chi connectivity index (χ1n) is 41.3. The van der Waals surface area contributed by atoms with Crippen LogP contribution in [0.15, 0.2) is 174 Å². The molecule has 5 heterocycles. The molecule has 8 aromatic carbocycles. The topological polar surface area (TPSA) is 634 Å². The fourth-order valence-electron chi connectivity index (χ4n) is 15.4. The van der Waals surface area contributed by atoms with E-state index in [1.54, 1.807) is 105 Å². The number of thiazole rings is 2. The number of benzene rings is 8. The predicted octanol–water partition coefficient (Wildman–Crippen LogP) is 1.29. The van der Waals surface area contributed by atoms with Crippen LogP contribution in [0.5, 0.6) is 0 Å². The van der Waals surface area contributed by atoms with Gasteiger partial charge in [-0.1, -0.05) is 164 Å². The Balaban J connectivity index is 0.000000397. The number of nitrogens with one attached hydrogen (secondary N) is 3. The molecule has 0 unspecified atom stereocenters. The van der Waals surface area contributed by atoms with E-state index in [-0.39, 0.29) is 180 Å². The Kier molecular flexibility index (Phi) is 42.5. The summed E-state index contributed by atoms with van der Waals surface area (Å²) in [5.41, 5.74) is 7.87. The Morgan fingerprint density at radius 3 is 1.77 bits per heavy atom. The predicted molar refractivity (Wildman–Crippen MR) is 505 cm³/mol. The average molecular weight is 2080 g/mol. The quantitative estimate of drug-likeness (QED) is 0.0106. The number of rotatable bonds is 30. The van der Waals surface area contributed by atoms with E-state index >= 15 is 0 Å². The summed E-state index contributed by atoms with van der Waals surface area (Å²) in [6.07, 6.45) is 3.18. The molecule has 0 saturated heterocycles. The number of carboxylic acids is 1. The fraction of sp³-hybridized carbons (Fsp3) is 0.258. The fourth-order valence-corrected chi connectivity index (χ4v) is 20.2. The van der Waals surface area contributed by atoms with Crippen molar-refractivity contribution < 1.29 is 189 Å². The molecule has 40 nitrogen and oxygen atoms in total. The van der Waals surface area contributed by atoms with Gasteiger partial charge in [-0.3, -0.25) is 33.4 Å². The van der Waals surface area contributed by atoms with Crippen LogP contribution in [0.3, 0.4) is 0 Å². The van der Waals surface area contributed by atoms with Crippen LogP contribution in [0.4, 0.5) is 51.0 Å². The Morgan fingerprint density at radius 1 is 0.634 bits per heavy atom. The van der Waals surface area contributed by atoms with Crippen molar-refractivity contribution in [3.8, 4) is 22.3 Å². The number of unbranched alkanes of at least 4 members (excludes halogenated alkanes) is 2. The summed E-state index contributed by atoms with van der Waals surface area (Å²) in [7, 11) is -27.2. The number of carbonyl (C=O) groups excluding carboxylic acids is 3. The summed E-state index contributed by atoms with van der Waals surface area (Å²) in [6.45, 7) is 18.8. The van der Waals surface area contributed by atoms with Crippen LogP contribution in [0.2, 0.25) is 0 Å². The molecule has 53 heteroatoms. The van der Waals surface area contributed by atoms with Crippen LogP contribution in [0.25, 0.3) is 47.6 Å². The third kappa shape index (κ3) is 28.7. The number of Topliss-reactive ketones (excluding diaryl/α,β-unsaturated/α-hetero) is 1. The number of pyridine rings is 2. The van der Waals surface area contributed by atoms with Gasteiger partial charge in [0, 0.05) is 53.1 Å². The molecular formula is C89H83Li4N13O27S9. The standard InChI is InChI=1S/C50H51N10O9S5.C39H35N3O9S.4Li.3O3S/c1-11-29-19-26(5)20-30(12-2)42(29)55-46-41(56-57-47-35(25-51)45(50(8,9)10)58-60(47)49-53-37-18-16-33(73(64,65)66)24-39(37)71-49)27(6)22-40(54-46)59(48-52-36-17-15-32(72(61,62)63)23-38(36)70-48)43-31(13-3)21-28(7)44(34(43)14-4)74(67,68)69;1-42-30-17-16-29(41-25-15-18-31(52(49,50)51)24(20-25)21-26(43)22-40-19-9-3-6-14-32(44)45)34-35(30)33(27-12-7-8-13-28(27)38(34)47)36(39(42)48)37(46)23-10-4-2-5-11-23;;;;;3*1-4(2)3/h15-19,21-24H,11-14H2,1-10H3,(H,54,55)(H,61,62,63)(H,64,65,66)(H,67,68,69);2,4-5,7-8,10-13,15-18,20,40-41H,3,6,9,14,19,21-22H2,1H3,(H,44,45)(H,49,50,51);;;;;;;/q-1;;4*+1;;;/p-3. The number of carboxylic acid groups (broad SMARTS) is 1. The van der Waals surface area contributed by atoms with Crippen LogP contribution in [-0.4, -0.2) is 161 Å². The van der Waals surface area contributed by atoms with Crippen molar-refractivity contribution in [2.75, 3.05) is 28.6 Å². The molecule has 1 aliphatic carbocycles. The van der Waals surface area contributed by atoms with Crippen LogP contribution < -0.4 is 102 Å². The summed E-state index contributed by atoms with van der Waals surface area (Å²) in [4.78, 5) is 80.4. The van der Waals surface area contributed by atoms with E-state index in [2.05, 4.69) is 33.1 Å². The molecule has 5 N–H and O–H groups in total. The average Bonchev–Trinajstić information content (AvgIpc) is 0.974. The number of ketones is 3. The van der Waals surface area contributed by atoms with Crippen molar-refractivity contribution in [3.63, 3.8) is 0 Å². The van der Waals surface area contributed by atoms with E-state index < -0.39 is 115 Å². The number of hydrogen-bond acceptors (Lipinski definition) is 38. The van der Waals surface area contributed by atoms with Gasteiger partial charge >= 0.3 is 113 Å². The van der Waals surface area contributed by atoms with Gasteiger partial charge in [0.25, 0.3) is 15.7 Å². The summed E-state index contributed by atoms with van der Waals surface area (Å²) in [5, 5.41) is 44.4. The first-order valence-corrected chi connectivity index (χ1v) is 51.5. The van der Waals surface area contributed by atoms with Crippen molar-refractivity contribution in [1.29, 1.82) is 5.26 Å². The molecule has 13 aromatic rings. The van der Waals surface area contributed by atoms with Gasteiger partial charge < -0.3 is 39.3 Å². The molecule has 0 fully saturated rings. The molecule has 0 amide bonds. The zero-order valence-electron chi connectivity index (χ0n) is 78.8. The van der Waals surface area contributed by atoms with Gasteiger partial charge in [-0.15, -0.1) is 59.2 Å².